The largest absolute Gasteiger partial charge is 0.495 e. The molecule has 2 aromatic rings. The molecule has 0 bridgehead atoms. The number of aromatic nitrogens is 2. The molecule has 3 rings (SSSR count). The third-order valence-electron chi connectivity index (χ3n) is 4.88. The molecule has 6 heteroatoms. The number of hydrogen-bond acceptors (Lipinski definition) is 3. The van der Waals surface area contributed by atoms with E-state index in [1.54, 1.807) is 7.11 Å². The predicted molar refractivity (Wildman–Crippen MR) is 98.0 cm³/mol. The summed E-state index contributed by atoms with van der Waals surface area (Å²) in [5, 5.41) is 10.4. The van der Waals surface area contributed by atoms with Gasteiger partial charge < -0.3 is 15.0 Å². The first kappa shape index (κ1) is 17.3. The fourth-order valence-corrected chi connectivity index (χ4v) is 3.64. The van der Waals surface area contributed by atoms with Crippen molar-refractivity contribution in [3.63, 3.8) is 0 Å². The summed E-state index contributed by atoms with van der Waals surface area (Å²) in [7, 11) is 1.61. The number of nitrogens with one attached hydrogen (secondary N) is 2. The van der Waals surface area contributed by atoms with Gasteiger partial charge in [-0.25, -0.2) is 4.79 Å². The van der Waals surface area contributed by atoms with E-state index in [4.69, 9.17) is 4.74 Å². The Morgan fingerprint density at radius 3 is 2.80 bits per heavy atom. The van der Waals surface area contributed by atoms with Gasteiger partial charge in [0.25, 0.3) is 0 Å². The molecule has 6 nitrogen and oxygen atoms in total. The minimum absolute atomic E-state index is 0.0518. The molecule has 1 saturated heterocycles. The molecule has 1 atom stereocenters. The van der Waals surface area contributed by atoms with Gasteiger partial charge in [0, 0.05) is 17.8 Å². The van der Waals surface area contributed by atoms with Crippen molar-refractivity contribution in [2.24, 2.45) is 0 Å². The van der Waals surface area contributed by atoms with Gasteiger partial charge in [-0.2, -0.15) is 5.10 Å². The summed E-state index contributed by atoms with van der Waals surface area (Å²) in [6.45, 7) is 4.77. The monoisotopic (exact) mass is 342 g/mol. The Labute approximate surface area is 148 Å². The number of amides is 2. The molecule has 0 radical (unpaired) electrons. The highest BCUT2D eigenvalue weighted by Gasteiger charge is 2.30. The lowest BCUT2D eigenvalue weighted by atomic mass is 9.99. The predicted octanol–water partition coefficient (Wildman–Crippen LogP) is 4.18. The Morgan fingerprint density at radius 2 is 2.08 bits per heavy atom. The molecule has 1 aliphatic heterocycles. The maximum atomic E-state index is 13.0. The number of carbonyl (C=O) groups excluding carboxylic acids is 1. The SMILES string of the molecule is COc1ccccc1NC(=O)N1CCCCC[C@H]1c1c(C)n[nH]c1C. The second-order valence-electron chi connectivity index (χ2n) is 6.54. The van der Waals surface area contributed by atoms with Gasteiger partial charge in [0.2, 0.25) is 0 Å². The molecule has 1 aromatic carbocycles. The van der Waals surface area contributed by atoms with Crippen LogP contribution in [0.1, 0.15) is 48.7 Å². The highest BCUT2D eigenvalue weighted by atomic mass is 16.5. The molecule has 2 amide bonds. The maximum absolute atomic E-state index is 13.0. The Kier molecular flexibility index (Phi) is 5.26. The van der Waals surface area contributed by atoms with Crippen molar-refractivity contribution < 1.29 is 9.53 Å². The average Bonchev–Trinajstić information content (AvgIpc) is 2.81. The van der Waals surface area contributed by atoms with E-state index in [1.807, 2.05) is 43.0 Å². The maximum Gasteiger partial charge on any atom is 0.322 e. The van der Waals surface area contributed by atoms with Crippen LogP contribution in [0.25, 0.3) is 0 Å². The summed E-state index contributed by atoms with van der Waals surface area (Å²) in [6, 6.07) is 7.45. The minimum Gasteiger partial charge on any atom is -0.495 e. The van der Waals surface area contributed by atoms with Crippen LogP contribution < -0.4 is 10.1 Å². The summed E-state index contributed by atoms with van der Waals surface area (Å²) in [5.74, 6) is 0.665. The van der Waals surface area contributed by atoms with Gasteiger partial charge in [-0.05, 0) is 38.8 Å². The van der Waals surface area contributed by atoms with Crippen LogP contribution in [0.5, 0.6) is 5.75 Å². The van der Waals surface area contributed by atoms with Crippen LogP contribution >= 0.6 is 0 Å². The van der Waals surface area contributed by atoms with Crippen molar-refractivity contribution in [3.05, 3.63) is 41.2 Å². The second kappa shape index (κ2) is 7.59. The van der Waals surface area contributed by atoms with E-state index in [9.17, 15) is 4.79 Å². The molecule has 2 N–H and O–H groups in total. The number of carbonyl (C=O) groups is 1. The zero-order chi connectivity index (χ0) is 17.8. The van der Waals surface area contributed by atoms with Crippen LogP contribution in [-0.2, 0) is 0 Å². The summed E-state index contributed by atoms with van der Waals surface area (Å²) in [5.41, 5.74) is 3.86. The van der Waals surface area contributed by atoms with Crippen LogP contribution in [0.15, 0.2) is 24.3 Å². The minimum atomic E-state index is -0.0867. The Morgan fingerprint density at radius 1 is 1.28 bits per heavy atom. The van der Waals surface area contributed by atoms with E-state index >= 15 is 0 Å². The van der Waals surface area contributed by atoms with Crippen molar-refractivity contribution in [1.82, 2.24) is 15.1 Å². The number of likely N-dealkylation sites (tertiary alicyclic amines) is 1. The number of hydrogen-bond donors (Lipinski definition) is 2. The first-order valence-electron chi connectivity index (χ1n) is 8.84. The highest BCUT2D eigenvalue weighted by molar-refractivity contribution is 5.91. The van der Waals surface area contributed by atoms with Gasteiger partial charge in [-0.1, -0.05) is 25.0 Å². The molecule has 2 heterocycles. The van der Waals surface area contributed by atoms with Crippen molar-refractivity contribution >= 4 is 11.7 Å². The fourth-order valence-electron chi connectivity index (χ4n) is 3.64. The molecule has 134 valence electrons. The van der Waals surface area contributed by atoms with Crippen molar-refractivity contribution in [2.75, 3.05) is 19.0 Å². The van der Waals surface area contributed by atoms with E-state index in [-0.39, 0.29) is 12.1 Å². The van der Waals surface area contributed by atoms with Gasteiger partial charge in [-0.3, -0.25) is 5.10 Å². The van der Waals surface area contributed by atoms with Gasteiger partial charge >= 0.3 is 6.03 Å². The number of methoxy groups -OCH3 is 1. The van der Waals surface area contributed by atoms with Crippen LogP contribution in [0.4, 0.5) is 10.5 Å². The third kappa shape index (κ3) is 3.62. The van der Waals surface area contributed by atoms with Crippen molar-refractivity contribution in [1.29, 1.82) is 0 Å². The quantitative estimate of drug-likeness (QED) is 0.879. The molecular weight excluding hydrogens is 316 g/mol. The smallest absolute Gasteiger partial charge is 0.322 e. The zero-order valence-electron chi connectivity index (χ0n) is 15.1. The van der Waals surface area contributed by atoms with E-state index in [2.05, 4.69) is 15.5 Å². The Bertz CT molecular complexity index is 721. The molecule has 1 aromatic heterocycles. The van der Waals surface area contributed by atoms with E-state index < -0.39 is 0 Å². The van der Waals surface area contributed by atoms with Crippen molar-refractivity contribution in [3.8, 4) is 5.75 Å². The number of aryl methyl sites for hydroxylation is 2. The van der Waals surface area contributed by atoms with E-state index in [0.29, 0.717) is 11.4 Å². The van der Waals surface area contributed by atoms with Gasteiger partial charge in [0.1, 0.15) is 5.75 Å². The van der Waals surface area contributed by atoms with Gasteiger partial charge in [0.05, 0.1) is 24.5 Å². The molecular formula is C19H26N4O2. The van der Waals surface area contributed by atoms with E-state index in [1.165, 1.54) is 0 Å². The number of nitrogens with zero attached hydrogens (tertiary/aromatic N) is 2. The molecule has 0 unspecified atom stereocenters. The second-order valence-corrected chi connectivity index (χ2v) is 6.54. The normalized spacial score (nSPS) is 17.9. The van der Waals surface area contributed by atoms with Crippen LogP contribution in [0.3, 0.4) is 0 Å². The third-order valence-corrected chi connectivity index (χ3v) is 4.88. The lowest BCUT2D eigenvalue weighted by Gasteiger charge is -2.31. The Hall–Kier alpha value is -2.50. The number of anilines is 1. The number of aromatic amines is 1. The summed E-state index contributed by atoms with van der Waals surface area (Å²) >= 11 is 0. The molecule has 0 spiro atoms. The number of benzene rings is 1. The fraction of sp³-hybridized carbons (Fsp3) is 0.474. The van der Waals surface area contributed by atoms with E-state index in [0.717, 1.165) is 49.2 Å². The van der Waals surface area contributed by atoms with Crippen LogP contribution in [0, 0.1) is 13.8 Å². The lowest BCUT2D eigenvalue weighted by molar-refractivity contribution is 0.189. The lowest BCUT2D eigenvalue weighted by Crippen LogP contribution is -2.38. The van der Waals surface area contributed by atoms with Crippen LogP contribution in [-0.4, -0.2) is 34.8 Å². The van der Waals surface area contributed by atoms with Crippen LogP contribution in [0.2, 0.25) is 0 Å². The first-order valence-corrected chi connectivity index (χ1v) is 8.84. The molecule has 25 heavy (non-hydrogen) atoms. The standard InChI is InChI=1S/C19H26N4O2/c1-13-18(14(2)22-21-13)16-10-5-4-8-12-23(16)19(24)20-15-9-6-7-11-17(15)25-3/h6-7,9,11,16H,4-5,8,10,12H2,1-3H3,(H,20,24)(H,21,22)/t16-/m0/s1. The molecule has 1 fully saturated rings. The topological polar surface area (TPSA) is 70.2 Å². The molecule has 0 saturated carbocycles. The zero-order valence-corrected chi connectivity index (χ0v) is 15.1. The van der Waals surface area contributed by atoms with Gasteiger partial charge in [0.15, 0.2) is 0 Å². The number of para-hydroxylation sites is 2. The van der Waals surface area contributed by atoms with Crippen molar-refractivity contribution in [2.45, 2.75) is 45.6 Å². The summed E-state index contributed by atoms with van der Waals surface area (Å²) in [4.78, 5) is 15.0. The summed E-state index contributed by atoms with van der Waals surface area (Å²) < 4.78 is 5.35. The number of H-pyrrole nitrogens is 1. The summed E-state index contributed by atoms with van der Waals surface area (Å²) in [6.07, 6.45) is 4.24. The number of urea groups is 1. The average molecular weight is 342 g/mol. The first-order chi connectivity index (χ1) is 12.1. The molecule has 1 aliphatic rings. The molecule has 0 aliphatic carbocycles. The van der Waals surface area contributed by atoms with Gasteiger partial charge in [-0.15, -0.1) is 0 Å². The Balaban J connectivity index is 1.87. The highest BCUT2D eigenvalue weighted by Crippen LogP contribution is 2.34. The number of ether oxygens (including phenoxy) is 1. The number of rotatable bonds is 3.